The minimum Gasteiger partial charge on any atom is -0.354 e. The summed E-state index contributed by atoms with van der Waals surface area (Å²) in [6, 6.07) is 8.57. The Morgan fingerprint density at radius 3 is 3.12 bits per heavy atom. The molecule has 6 nitrogen and oxygen atoms in total. The van der Waals surface area contributed by atoms with Crippen LogP contribution in [0.4, 0.5) is 0 Å². The molecule has 0 spiro atoms. The lowest BCUT2D eigenvalue weighted by Crippen LogP contribution is -2.39. The SMILES string of the molecule is O=C(Cc1csc(-c2cnccn2)n1)NCC1NCCc2ccccc21. The lowest BCUT2D eigenvalue weighted by atomic mass is 9.94. The summed E-state index contributed by atoms with van der Waals surface area (Å²) in [6.45, 7) is 1.52. The number of nitrogens with zero attached hydrogens (tertiary/aromatic N) is 3. The van der Waals surface area contributed by atoms with Crippen LogP contribution < -0.4 is 10.6 Å². The van der Waals surface area contributed by atoms with Gasteiger partial charge >= 0.3 is 0 Å². The van der Waals surface area contributed by atoms with Gasteiger partial charge in [0.1, 0.15) is 10.7 Å². The maximum atomic E-state index is 12.3. The first kappa shape index (κ1) is 16.8. The van der Waals surface area contributed by atoms with Gasteiger partial charge in [-0.2, -0.15) is 0 Å². The Bertz CT molecular complexity index is 896. The second kappa shape index (κ2) is 7.72. The van der Waals surface area contributed by atoms with Gasteiger partial charge in [-0.05, 0) is 24.1 Å². The minimum absolute atomic E-state index is 0.0224. The standard InChI is InChI=1S/C19H19N5OS/c25-18(9-14-12-26-19(24-14)17-10-20-7-8-22-17)23-11-16-15-4-2-1-3-13(15)5-6-21-16/h1-4,7-8,10,12,16,21H,5-6,9,11H2,(H,23,25). The number of amides is 1. The Morgan fingerprint density at radius 2 is 2.23 bits per heavy atom. The molecule has 7 heteroatoms. The van der Waals surface area contributed by atoms with Crippen molar-refractivity contribution < 1.29 is 4.79 Å². The number of thiazole rings is 1. The summed E-state index contributed by atoms with van der Waals surface area (Å²) >= 11 is 1.48. The van der Waals surface area contributed by atoms with Crippen LogP contribution in [0.5, 0.6) is 0 Å². The van der Waals surface area contributed by atoms with E-state index in [1.54, 1.807) is 18.6 Å². The Morgan fingerprint density at radius 1 is 1.31 bits per heavy atom. The number of hydrogen-bond acceptors (Lipinski definition) is 6. The highest BCUT2D eigenvalue weighted by molar-refractivity contribution is 7.13. The van der Waals surface area contributed by atoms with Gasteiger partial charge in [-0.25, -0.2) is 4.98 Å². The number of nitrogens with one attached hydrogen (secondary N) is 2. The number of rotatable bonds is 5. The third-order valence-electron chi connectivity index (χ3n) is 4.39. The molecule has 1 amide bonds. The molecule has 1 unspecified atom stereocenters. The molecule has 4 rings (SSSR count). The number of aromatic nitrogens is 3. The molecule has 132 valence electrons. The van der Waals surface area contributed by atoms with E-state index in [0.29, 0.717) is 6.54 Å². The molecule has 1 atom stereocenters. The fourth-order valence-corrected chi connectivity index (χ4v) is 3.91. The lowest BCUT2D eigenvalue weighted by molar-refractivity contribution is -0.120. The van der Waals surface area contributed by atoms with Gasteiger partial charge in [0, 0.05) is 30.4 Å². The quantitative estimate of drug-likeness (QED) is 0.724. The van der Waals surface area contributed by atoms with Crippen LogP contribution in [0.3, 0.4) is 0 Å². The van der Waals surface area contributed by atoms with Gasteiger partial charge in [0.25, 0.3) is 0 Å². The molecule has 2 aromatic heterocycles. The van der Waals surface area contributed by atoms with Gasteiger partial charge in [0.2, 0.25) is 5.91 Å². The van der Waals surface area contributed by atoms with E-state index in [1.807, 2.05) is 11.4 Å². The first-order valence-electron chi connectivity index (χ1n) is 8.58. The molecular formula is C19H19N5OS. The van der Waals surface area contributed by atoms with Crippen LogP contribution in [0.2, 0.25) is 0 Å². The predicted molar refractivity (Wildman–Crippen MR) is 101 cm³/mol. The highest BCUT2D eigenvalue weighted by atomic mass is 32.1. The average Bonchev–Trinajstić information content (AvgIpc) is 3.15. The molecule has 1 aliphatic heterocycles. The molecule has 1 aliphatic rings. The number of hydrogen-bond donors (Lipinski definition) is 2. The van der Waals surface area contributed by atoms with E-state index >= 15 is 0 Å². The zero-order chi connectivity index (χ0) is 17.8. The Balaban J connectivity index is 1.35. The van der Waals surface area contributed by atoms with Crippen LogP contribution in [0.15, 0.2) is 48.2 Å². The molecule has 0 saturated carbocycles. The van der Waals surface area contributed by atoms with E-state index in [9.17, 15) is 4.79 Å². The fourth-order valence-electron chi connectivity index (χ4n) is 3.13. The molecule has 26 heavy (non-hydrogen) atoms. The maximum Gasteiger partial charge on any atom is 0.226 e. The first-order chi connectivity index (χ1) is 12.8. The Hall–Kier alpha value is -2.64. The number of fused-ring (bicyclic) bond motifs is 1. The number of benzene rings is 1. The summed E-state index contributed by atoms with van der Waals surface area (Å²) in [7, 11) is 0. The van der Waals surface area contributed by atoms with E-state index < -0.39 is 0 Å². The second-order valence-corrected chi connectivity index (χ2v) is 7.03. The maximum absolute atomic E-state index is 12.3. The van der Waals surface area contributed by atoms with Gasteiger partial charge in [-0.15, -0.1) is 11.3 Å². The highest BCUT2D eigenvalue weighted by Crippen LogP contribution is 2.22. The van der Waals surface area contributed by atoms with Crippen molar-refractivity contribution in [1.82, 2.24) is 25.6 Å². The monoisotopic (exact) mass is 365 g/mol. The smallest absolute Gasteiger partial charge is 0.226 e. The fraction of sp³-hybridized carbons (Fsp3) is 0.263. The van der Waals surface area contributed by atoms with Crippen LogP contribution in [0, 0.1) is 0 Å². The summed E-state index contributed by atoms with van der Waals surface area (Å²) in [6.07, 6.45) is 6.24. The molecule has 3 heterocycles. The van der Waals surface area contributed by atoms with Crippen molar-refractivity contribution in [3.8, 4) is 10.7 Å². The summed E-state index contributed by atoms with van der Waals surface area (Å²) in [5.41, 5.74) is 4.12. The van der Waals surface area contributed by atoms with Crippen LogP contribution in [0.25, 0.3) is 10.7 Å². The molecule has 0 saturated heterocycles. The Kier molecular flexibility index (Phi) is 4.99. The lowest BCUT2D eigenvalue weighted by Gasteiger charge is -2.27. The van der Waals surface area contributed by atoms with E-state index in [0.717, 1.165) is 29.4 Å². The van der Waals surface area contributed by atoms with Crippen molar-refractivity contribution in [3.05, 3.63) is 65.1 Å². The van der Waals surface area contributed by atoms with Gasteiger partial charge < -0.3 is 10.6 Å². The first-order valence-corrected chi connectivity index (χ1v) is 9.46. The van der Waals surface area contributed by atoms with Gasteiger partial charge in [0.15, 0.2) is 0 Å². The molecule has 0 bridgehead atoms. The van der Waals surface area contributed by atoms with Crippen molar-refractivity contribution in [2.45, 2.75) is 18.9 Å². The van der Waals surface area contributed by atoms with Crippen LogP contribution in [-0.2, 0) is 17.6 Å². The van der Waals surface area contributed by atoms with Crippen LogP contribution >= 0.6 is 11.3 Å². The largest absolute Gasteiger partial charge is 0.354 e. The minimum atomic E-state index is -0.0224. The molecule has 0 radical (unpaired) electrons. The molecule has 2 N–H and O–H groups in total. The average molecular weight is 365 g/mol. The third kappa shape index (κ3) is 3.79. The molecule has 1 aromatic carbocycles. The molecule has 0 aliphatic carbocycles. The van der Waals surface area contributed by atoms with Crippen LogP contribution in [-0.4, -0.2) is 33.9 Å². The van der Waals surface area contributed by atoms with E-state index in [1.165, 1.54) is 22.5 Å². The van der Waals surface area contributed by atoms with Crippen molar-refractivity contribution in [2.24, 2.45) is 0 Å². The van der Waals surface area contributed by atoms with E-state index in [4.69, 9.17) is 0 Å². The zero-order valence-electron chi connectivity index (χ0n) is 14.2. The topological polar surface area (TPSA) is 79.8 Å². The van der Waals surface area contributed by atoms with Crippen molar-refractivity contribution in [1.29, 1.82) is 0 Å². The van der Waals surface area contributed by atoms with E-state index in [-0.39, 0.29) is 18.4 Å². The van der Waals surface area contributed by atoms with Crippen molar-refractivity contribution >= 4 is 17.2 Å². The summed E-state index contributed by atoms with van der Waals surface area (Å²) in [5, 5.41) is 9.18. The second-order valence-electron chi connectivity index (χ2n) is 6.17. The highest BCUT2D eigenvalue weighted by Gasteiger charge is 2.19. The van der Waals surface area contributed by atoms with Gasteiger partial charge in [-0.1, -0.05) is 24.3 Å². The van der Waals surface area contributed by atoms with E-state index in [2.05, 4.69) is 43.8 Å². The number of carbonyl (C=O) groups excluding carboxylic acids is 1. The van der Waals surface area contributed by atoms with Gasteiger partial charge in [-0.3, -0.25) is 14.8 Å². The third-order valence-corrected chi connectivity index (χ3v) is 5.31. The predicted octanol–water partition coefficient (Wildman–Crippen LogP) is 2.15. The summed E-state index contributed by atoms with van der Waals surface area (Å²) in [5.74, 6) is -0.0224. The summed E-state index contributed by atoms with van der Waals surface area (Å²) < 4.78 is 0. The molecular weight excluding hydrogens is 346 g/mol. The zero-order valence-corrected chi connectivity index (χ0v) is 15.0. The van der Waals surface area contributed by atoms with Crippen molar-refractivity contribution in [2.75, 3.05) is 13.1 Å². The Labute approximate surface area is 155 Å². The molecule has 0 fully saturated rings. The van der Waals surface area contributed by atoms with Crippen LogP contribution in [0.1, 0.15) is 22.9 Å². The number of carbonyl (C=O) groups is 1. The summed E-state index contributed by atoms with van der Waals surface area (Å²) in [4.78, 5) is 25.1. The van der Waals surface area contributed by atoms with Crippen molar-refractivity contribution in [3.63, 3.8) is 0 Å². The van der Waals surface area contributed by atoms with Gasteiger partial charge in [0.05, 0.1) is 18.3 Å². The normalized spacial score (nSPS) is 16.1. The molecule has 3 aromatic rings.